The Balaban J connectivity index is 1.48. The predicted octanol–water partition coefficient (Wildman–Crippen LogP) is 2.57. The SMILES string of the molecule is CCNC1CCC(CC)CC1CN1CCN(C2CC2)CC1. The third kappa shape index (κ3) is 4.20. The van der Waals surface area contributed by atoms with E-state index in [-0.39, 0.29) is 0 Å². The van der Waals surface area contributed by atoms with E-state index in [1.54, 1.807) is 0 Å². The van der Waals surface area contributed by atoms with Gasteiger partial charge >= 0.3 is 0 Å². The van der Waals surface area contributed by atoms with Crippen LogP contribution in [0.5, 0.6) is 0 Å². The van der Waals surface area contributed by atoms with E-state index in [9.17, 15) is 0 Å². The molecule has 0 radical (unpaired) electrons. The Morgan fingerprint density at radius 2 is 1.71 bits per heavy atom. The minimum Gasteiger partial charge on any atom is -0.314 e. The highest BCUT2D eigenvalue weighted by Gasteiger charge is 2.34. The van der Waals surface area contributed by atoms with E-state index in [0.29, 0.717) is 0 Å². The van der Waals surface area contributed by atoms with Crippen molar-refractivity contribution in [3.05, 3.63) is 0 Å². The molecular weight excluding hydrogens is 258 g/mol. The van der Waals surface area contributed by atoms with Crippen molar-refractivity contribution in [2.24, 2.45) is 11.8 Å². The molecule has 0 aromatic rings. The molecule has 3 nitrogen and oxygen atoms in total. The molecule has 3 heteroatoms. The molecule has 3 atom stereocenters. The van der Waals surface area contributed by atoms with Crippen LogP contribution >= 0.6 is 0 Å². The number of piperazine rings is 1. The predicted molar refractivity (Wildman–Crippen MR) is 89.6 cm³/mol. The Morgan fingerprint density at radius 1 is 0.952 bits per heavy atom. The quantitative estimate of drug-likeness (QED) is 0.812. The van der Waals surface area contributed by atoms with Gasteiger partial charge in [-0.3, -0.25) is 4.90 Å². The van der Waals surface area contributed by atoms with Gasteiger partial charge in [-0.1, -0.05) is 20.3 Å². The highest BCUT2D eigenvalue weighted by Crippen LogP contribution is 2.33. The number of nitrogens with one attached hydrogen (secondary N) is 1. The van der Waals surface area contributed by atoms with Crippen LogP contribution in [0.15, 0.2) is 0 Å². The maximum Gasteiger partial charge on any atom is 0.0113 e. The van der Waals surface area contributed by atoms with Crippen LogP contribution in [-0.2, 0) is 0 Å². The van der Waals surface area contributed by atoms with Crippen molar-refractivity contribution in [3.8, 4) is 0 Å². The highest BCUT2D eigenvalue weighted by atomic mass is 15.3. The van der Waals surface area contributed by atoms with E-state index < -0.39 is 0 Å². The van der Waals surface area contributed by atoms with Gasteiger partial charge < -0.3 is 10.2 Å². The minimum absolute atomic E-state index is 0.777. The van der Waals surface area contributed by atoms with Gasteiger partial charge in [-0.2, -0.15) is 0 Å². The molecule has 3 unspecified atom stereocenters. The van der Waals surface area contributed by atoms with Gasteiger partial charge in [0.1, 0.15) is 0 Å². The summed E-state index contributed by atoms with van der Waals surface area (Å²) < 4.78 is 0. The van der Waals surface area contributed by atoms with E-state index in [4.69, 9.17) is 0 Å². The average molecular weight is 293 g/mol. The smallest absolute Gasteiger partial charge is 0.0113 e. The largest absolute Gasteiger partial charge is 0.314 e. The number of hydrogen-bond donors (Lipinski definition) is 1. The second kappa shape index (κ2) is 7.43. The van der Waals surface area contributed by atoms with Crippen molar-refractivity contribution in [2.75, 3.05) is 39.3 Å². The summed E-state index contributed by atoms with van der Waals surface area (Å²) in [5, 5.41) is 3.77. The molecule has 0 amide bonds. The summed E-state index contributed by atoms with van der Waals surface area (Å²) in [6.07, 6.45) is 8.60. The number of nitrogens with zero attached hydrogens (tertiary/aromatic N) is 2. The lowest BCUT2D eigenvalue weighted by Crippen LogP contribution is -2.51. The van der Waals surface area contributed by atoms with Crippen LogP contribution in [-0.4, -0.2) is 61.2 Å². The van der Waals surface area contributed by atoms with E-state index in [2.05, 4.69) is 29.0 Å². The molecule has 1 aliphatic heterocycles. The average Bonchev–Trinajstić information content (AvgIpc) is 3.35. The molecule has 0 aromatic heterocycles. The van der Waals surface area contributed by atoms with Crippen molar-refractivity contribution in [1.82, 2.24) is 15.1 Å². The molecule has 0 spiro atoms. The summed E-state index contributed by atoms with van der Waals surface area (Å²) in [5.74, 6) is 1.87. The van der Waals surface area contributed by atoms with Crippen molar-refractivity contribution in [1.29, 1.82) is 0 Å². The van der Waals surface area contributed by atoms with Crippen LogP contribution in [0.2, 0.25) is 0 Å². The van der Waals surface area contributed by atoms with Crippen molar-refractivity contribution in [2.45, 2.75) is 64.5 Å². The standard InChI is InChI=1S/C18H35N3/c1-3-15-5-8-18(19-4-2)16(13-15)14-20-9-11-21(12-10-20)17-6-7-17/h15-19H,3-14H2,1-2H3. The Labute approximate surface area is 131 Å². The van der Waals surface area contributed by atoms with E-state index in [0.717, 1.165) is 30.5 Å². The maximum absolute atomic E-state index is 3.77. The van der Waals surface area contributed by atoms with Crippen LogP contribution in [0.3, 0.4) is 0 Å². The topological polar surface area (TPSA) is 18.5 Å². The Hall–Kier alpha value is -0.120. The van der Waals surface area contributed by atoms with Gasteiger partial charge in [-0.05, 0) is 50.5 Å². The van der Waals surface area contributed by atoms with Gasteiger partial charge in [0.05, 0.1) is 0 Å². The van der Waals surface area contributed by atoms with Crippen LogP contribution in [0.25, 0.3) is 0 Å². The first kappa shape index (κ1) is 15.8. The molecular formula is C18H35N3. The van der Waals surface area contributed by atoms with Gasteiger partial charge in [0.15, 0.2) is 0 Å². The molecule has 2 aliphatic carbocycles. The molecule has 0 bridgehead atoms. The zero-order chi connectivity index (χ0) is 14.7. The first-order valence-corrected chi connectivity index (χ1v) is 9.50. The first-order valence-electron chi connectivity index (χ1n) is 9.50. The summed E-state index contributed by atoms with van der Waals surface area (Å²) in [5.41, 5.74) is 0. The van der Waals surface area contributed by atoms with Gasteiger partial charge in [-0.25, -0.2) is 0 Å². The third-order valence-corrected chi connectivity index (χ3v) is 6.10. The molecule has 3 fully saturated rings. The summed E-state index contributed by atoms with van der Waals surface area (Å²) in [6.45, 7) is 12.4. The monoisotopic (exact) mass is 293 g/mol. The molecule has 2 saturated carbocycles. The molecule has 3 rings (SSSR count). The van der Waals surface area contributed by atoms with Crippen LogP contribution in [0, 0.1) is 11.8 Å². The van der Waals surface area contributed by atoms with Crippen molar-refractivity contribution in [3.63, 3.8) is 0 Å². The fraction of sp³-hybridized carbons (Fsp3) is 1.00. The summed E-state index contributed by atoms with van der Waals surface area (Å²) in [4.78, 5) is 5.49. The molecule has 0 aromatic carbocycles. The lowest BCUT2D eigenvalue weighted by Gasteiger charge is -2.42. The summed E-state index contributed by atoms with van der Waals surface area (Å²) in [6, 6.07) is 1.74. The van der Waals surface area contributed by atoms with Crippen LogP contribution in [0.4, 0.5) is 0 Å². The van der Waals surface area contributed by atoms with Crippen molar-refractivity contribution >= 4 is 0 Å². The number of hydrogen-bond acceptors (Lipinski definition) is 3. The Bertz CT molecular complexity index is 308. The second-order valence-electron chi connectivity index (χ2n) is 7.58. The number of rotatable bonds is 6. The van der Waals surface area contributed by atoms with E-state index >= 15 is 0 Å². The van der Waals surface area contributed by atoms with Gasteiger partial charge in [0.25, 0.3) is 0 Å². The fourth-order valence-corrected chi connectivity index (χ4v) is 4.55. The van der Waals surface area contributed by atoms with Gasteiger partial charge in [0.2, 0.25) is 0 Å². The zero-order valence-corrected chi connectivity index (χ0v) is 14.2. The van der Waals surface area contributed by atoms with Crippen LogP contribution in [0.1, 0.15) is 52.4 Å². The lowest BCUT2D eigenvalue weighted by molar-refractivity contribution is 0.0853. The molecule has 122 valence electrons. The molecule has 3 aliphatic rings. The normalized spacial score (nSPS) is 36.0. The third-order valence-electron chi connectivity index (χ3n) is 6.10. The van der Waals surface area contributed by atoms with Gasteiger partial charge in [-0.15, -0.1) is 0 Å². The zero-order valence-electron chi connectivity index (χ0n) is 14.2. The lowest BCUT2D eigenvalue weighted by atomic mass is 9.76. The molecule has 21 heavy (non-hydrogen) atoms. The first-order chi connectivity index (χ1) is 10.3. The Morgan fingerprint density at radius 3 is 2.33 bits per heavy atom. The van der Waals surface area contributed by atoms with Gasteiger partial charge in [0, 0.05) is 44.8 Å². The molecule has 1 N–H and O–H groups in total. The summed E-state index contributed by atoms with van der Waals surface area (Å²) in [7, 11) is 0. The van der Waals surface area contributed by atoms with Crippen LogP contribution < -0.4 is 5.32 Å². The van der Waals surface area contributed by atoms with E-state index in [1.165, 1.54) is 71.2 Å². The molecule has 1 saturated heterocycles. The minimum atomic E-state index is 0.777. The maximum atomic E-state index is 3.77. The highest BCUT2D eigenvalue weighted by molar-refractivity contribution is 4.90. The fourth-order valence-electron chi connectivity index (χ4n) is 4.55. The molecule has 1 heterocycles. The van der Waals surface area contributed by atoms with E-state index in [1.807, 2.05) is 0 Å². The second-order valence-corrected chi connectivity index (χ2v) is 7.58. The Kier molecular flexibility index (Phi) is 5.58. The summed E-state index contributed by atoms with van der Waals surface area (Å²) >= 11 is 0. The van der Waals surface area contributed by atoms with Crippen molar-refractivity contribution < 1.29 is 0 Å².